The van der Waals surface area contributed by atoms with Gasteiger partial charge in [-0.15, -0.1) is 0 Å². The van der Waals surface area contributed by atoms with Gasteiger partial charge in [-0.3, -0.25) is 4.57 Å². The molecule has 29 heavy (non-hydrogen) atoms. The number of aromatic nitrogens is 2. The summed E-state index contributed by atoms with van der Waals surface area (Å²) < 4.78 is 51.5. The summed E-state index contributed by atoms with van der Waals surface area (Å²) in [6, 6.07) is 6.70. The molecule has 1 heterocycles. The summed E-state index contributed by atoms with van der Waals surface area (Å²) in [5.41, 5.74) is 0.129. The summed E-state index contributed by atoms with van der Waals surface area (Å²) in [5.74, 6) is -0.172. The van der Waals surface area contributed by atoms with Crippen LogP contribution >= 0.6 is 15.9 Å². The van der Waals surface area contributed by atoms with E-state index in [1.807, 2.05) is 0 Å². The van der Waals surface area contributed by atoms with Gasteiger partial charge < -0.3 is 14.5 Å². The Balaban J connectivity index is 2.28. The van der Waals surface area contributed by atoms with Gasteiger partial charge in [-0.1, -0.05) is 22.0 Å². The first-order valence-electron chi connectivity index (χ1n) is 8.72. The number of benzene rings is 2. The Morgan fingerprint density at radius 3 is 2.59 bits per heavy atom. The fourth-order valence-electron chi connectivity index (χ4n) is 3.26. The van der Waals surface area contributed by atoms with Crippen LogP contribution in [0.3, 0.4) is 0 Å². The Morgan fingerprint density at radius 2 is 1.97 bits per heavy atom. The summed E-state index contributed by atoms with van der Waals surface area (Å²) in [4.78, 5) is 15.3. The quantitative estimate of drug-likeness (QED) is 0.553. The molecule has 1 N–H and O–H groups in total. The highest BCUT2D eigenvalue weighted by Crippen LogP contribution is 2.33. The number of imidazole rings is 1. The average molecular weight is 487 g/mol. The van der Waals surface area contributed by atoms with Crippen molar-refractivity contribution < 1.29 is 22.3 Å². The van der Waals surface area contributed by atoms with Crippen molar-refractivity contribution in [2.45, 2.75) is 13.0 Å². The third-order valence-corrected chi connectivity index (χ3v) is 5.75. The van der Waals surface area contributed by atoms with Crippen molar-refractivity contribution in [2.75, 3.05) is 25.7 Å². The van der Waals surface area contributed by atoms with Gasteiger partial charge in [0.25, 0.3) is 0 Å². The second kappa shape index (κ2) is 8.19. The average Bonchev–Trinajstić information content (AvgIpc) is 2.95. The van der Waals surface area contributed by atoms with Crippen LogP contribution in [0.2, 0.25) is 0 Å². The van der Waals surface area contributed by atoms with Gasteiger partial charge in [0.1, 0.15) is 21.2 Å². The van der Waals surface area contributed by atoms with Crippen LogP contribution in [0.1, 0.15) is 18.5 Å². The molecule has 156 valence electrons. The zero-order valence-corrected chi connectivity index (χ0v) is 18.4. The number of fused-ring (bicyclic) bond motifs is 1. The lowest BCUT2D eigenvalue weighted by Crippen LogP contribution is -2.28. The number of nitrogens with zero attached hydrogens (tertiary/aromatic N) is 1. The molecule has 0 aliphatic carbocycles. The van der Waals surface area contributed by atoms with Crippen LogP contribution in [0.4, 0.5) is 4.39 Å². The molecule has 1 atom stereocenters. The first kappa shape index (κ1) is 21.4. The number of sulfone groups is 1. The number of nitrogens with one attached hydrogen (secondary N) is 1. The Morgan fingerprint density at radius 1 is 1.24 bits per heavy atom. The topological polar surface area (TPSA) is 90.4 Å². The van der Waals surface area contributed by atoms with Crippen molar-refractivity contribution in [2.24, 2.45) is 0 Å². The standard InChI is InChI=1S/C19H20BrFN2O5S/c1-4-28-17-7-11(5-6-16(17)27-2)15(10-29(3,25)26)23-18-13(21)8-12(20)9-14(18)22-19(23)24/h5-9,15H,4,10H2,1-3H3,(H,22,24)/t15-/m0/s1. The SMILES string of the molecule is CCOc1cc([C@H](CS(C)(=O)=O)n2c(=O)[nH]c3cc(Br)cc(F)c32)ccc1OC. The molecule has 0 unspecified atom stereocenters. The van der Waals surface area contributed by atoms with Crippen LogP contribution < -0.4 is 15.2 Å². The number of halogens is 2. The van der Waals surface area contributed by atoms with Crippen LogP contribution in [-0.4, -0.2) is 43.7 Å². The monoisotopic (exact) mass is 486 g/mol. The molecule has 2 aromatic carbocycles. The van der Waals surface area contributed by atoms with E-state index < -0.39 is 33.1 Å². The number of ether oxygens (including phenoxy) is 2. The van der Waals surface area contributed by atoms with E-state index in [0.29, 0.717) is 28.1 Å². The van der Waals surface area contributed by atoms with Crippen LogP contribution in [0, 0.1) is 5.82 Å². The molecule has 0 radical (unpaired) electrons. The molecule has 7 nitrogen and oxygen atoms in total. The third-order valence-electron chi connectivity index (χ3n) is 4.37. The fraction of sp³-hybridized carbons (Fsp3) is 0.316. The van der Waals surface area contributed by atoms with E-state index >= 15 is 0 Å². The Hall–Kier alpha value is -2.33. The molecule has 0 spiro atoms. The minimum absolute atomic E-state index is 0.000581. The van der Waals surface area contributed by atoms with Crippen molar-refractivity contribution in [1.29, 1.82) is 0 Å². The number of rotatable bonds is 7. The molecule has 0 bridgehead atoms. The Labute approximate surface area is 175 Å². The second-order valence-electron chi connectivity index (χ2n) is 6.54. The normalized spacial score (nSPS) is 12.9. The van der Waals surface area contributed by atoms with Crippen LogP contribution in [-0.2, 0) is 9.84 Å². The Kier molecular flexibility index (Phi) is 6.04. The van der Waals surface area contributed by atoms with Crippen LogP contribution in [0.15, 0.2) is 39.6 Å². The highest BCUT2D eigenvalue weighted by Gasteiger charge is 2.26. The molecule has 3 aromatic rings. The lowest BCUT2D eigenvalue weighted by Gasteiger charge is -2.20. The summed E-state index contributed by atoms with van der Waals surface area (Å²) >= 11 is 3.19. The summed E-state index contributed by atoms with van der Waals surface area (Å²) in [6.45, 7) is 2.17. The highest BCUT2D eigenvalue weighted by molar-refractivity contribution is 9.10. The maximum absolute atomic E-state index is 14.7. The molecule has 1 aromatic heterocycles. The Bertz CT molecular complexity index is 1220. The number of hydrogen-bond acceptors (Lipinski definition) is 5. The first-order valence-corrected chi connectivity index (χ1v) is 11.6. The predicted molar refractivity (Wildman–Crippen MR) is 112 cm³/mol. The molecule has 0 amide bonds. The van der Waals surface area contributed by atoms with Crippen LogP contribution in [0.25, 0.3) is 11.0 Å². The number of H-pyrrole nitrogens is 1. The molecule has 0 aliphatic heterocycles. The van der Waals surface area contributed by atoms with Gasteiger partial charge in [0.2, 0.25) is 0 Å². The minimum atomic E-state index is -3.52. The number of methoxy groups -OCH3 is 1. The van der Waals surface area contributed by atoms with E-state index in [-0.39, 0.29) is 11.0 Å². The van der Waals surface area contributed by atoms with E-state index in [4.69, 9.17) is 9.47 Å². The lowest BCUT2D eigenvalue weighted by molar-refractivity contribution is 0.310. The van der Waals surface area contributed by atoms with E-state index in [1.54, 1.807) is 31.2 Å². The molecule has 0 saturated carbocycles. The molecular weight excluding hydrogens is 467 g/mol. The molecule has 3 rings (SSSR count). The number of aromatic amines is 1. The van der Waals surface area contributed by atoms with E-state index in [9.17, 15) is 17.6 Å². The minimum Gasteiger partial charge on any atom is -0.493 e. The van der Waals surface area contributed by atoms with Crippen molar-refractivity contribution >= 4 is 36.8 Å². The molecular formula is C19H20BrFN2O5S. The van der Waals surface area contributed by atoms with Crippen molar-refractivity contribution in [1.82, 2.24) is 9.55 Å². The van der Waals surface area contributed by atoms with E-state index in [0.717, 1.165) is 10.8 Å². The summed E-state index contributed by atoms with van der Waals surface area (Å²) in [5, 5.41) is 0. The third kappa shape index (κ3) is 4.48. The van der Waals surface area contributed by atoms with Gasteiger partial charge in [0, 0.05) is 10.7 Å². The van der Waals surface area contributed by atoms with Gasteiger partial charge in [-0.2, -0.15) is 0 Å². The number of hydrogen-bond donors (Lipinski definition) is 1. The van der Waals surface area contributed by atoms with Crippen molar-refractivity contribution in [3.8, 4) is 11.5 Å². The molecule has 0 fully saturated rings. The van der Waals surface area contributed by atoms with Crippen LogP contribution in [0.5, 0.6) is 11.5 Å². The smallest absolute Gasteiger partial charge is 0.327 e. The van der Waals surface area contributed by atoms with Gasteiger partial charge in [-0.25, -0.2) is 17.6 Å². The highest BCUT2D eigenvalue weighted by atomic mass is 79.9. The summed E-state index contributed by atoms with van der Waals surface area (Å²) in [7, 11) is -2.03. The molecule has 0 saturated heterocycles. The van der Waals surface area contributed by atoms with Crippen molar-refractivity contribution in [3.05, 3.63) is 56.7 Å². The van der Waals surface area contributed by atoms with Gasteiger partial charge in [0.05, 0.1) is 31.0 Å². The van der Waals surface area contributed by atoms with Gasteiger partial charge in [0.15, 0.2) is 11.5 Å². The zero-order chi connectivity index (χ0) is 21.3. The maximum atomic E-state index is 14.7. The second-order valence-corrected chi connectivity index (χ2v) is 9.64. The molecule has 10 heteroatoms. The fourth-order valence-corrected chi connectivity index (χ4v) is 4.60. The van der Waals surface area contributed by atoms with E-state index in [1.165, 1.54) is 13.2 Å². The largest absolute Gasteiger partial charge is 0.493 e. The maximum Gasteiger partial charge on any atom is 0.327 e. The zero-order valence-electron chi connectivity index (χ0n) is 16.0. The van der Waals surface area contributed by atoms with Gasteiger partial charge in [-0.05, 0) is 36.8 Å². The summed E-state index contributed by atoms with van der Waals surface area (Å²) in [6.07, 6.45) is 1.07. The van der Waals surface area contributed by atoms with E-state index in [2.05, 4.69) is 20.9 Å². The molecule has 0 aliphatic rings. The van der Waals surface area contributed by atoms with Gasteiger partial charge >= 0.3 is 5.69 Å². The predicted octanol–water partition coefficient (Wildman–Crippen LogP) is 3.27. The lowest BCUT2D eigenvalue weighted by atomic mass is 10.1. The van der Waals surface area contributed by atoms with Crippen molar-refractivity contribution in [3.63, 3.8) is 0 Å². The first-order chi connectivity index (χ1) is 13.6.